The normalized spacial score (nSPS) is 10.7. The smallest absolute Gasteiger partial charge is 0.256 e. The zero-order valence-corrected chi connectivity index (χ0v) is 13.0. The molecular formula is C17H21FN2O. The number of nitrogens with one attached hydrogen (secondary N) is 1. The zero-order chi connectivity index (χ0) is 15.4. The van der Waals surface area contributed by atoms with Crippen LogP contribution in [0.5, 0.6) is 11.6 Å². The second-order valence-corrected chi connectivity index (χ2v) is 5.18. The number of halogens is 1. The van der Waals surface area contributed by atoms with Gasteiger partial charge in [0.25, 0.3) is 5.88 Å². The molecule has 2 rings (SSSR count). The van der Waals surface area contributed by atoms with E-state index in [0.717, 1.165) is 23.2 Å². The van der Waals surface area contributed by atoms with E-state index in [2.05, 4.69) is 16.4 Å². The summed E-state index contributed by atoms with van der Waals surface area (Å²) in [6.07, 6.45) is 1.57. The van der Waals surface area contributed by atoms with Crippen LogP contribution in [0.1, 0.15) is 29.2 Å². The van der Waals surface area contributed by atoms with Crippen molar-refractivity contribution in [2.75, 3.05) is 6.54 Å². The third-order valence-electron chi connectivity index (χ3n) is 3.47. The average molecular weight is 288 g/mol. The molecule has 0 radical (unpaired) electrons. The molecule has 112 valence electrons. The van der Waals surface area contributed by atoms with Gasteiger partial charge in [-0.25, -0.2) is 9.37 Å². The van der Waals surface area contributed by atoms with Crippen LogP contribution in [0.3, 0.4) is 0 Å². The molecule has 0 spiro atoms. The minimum atomic E-state index is -0.406. The van der Waals surface area contributed by atoms with Gasteiger partial charge in [-0.15, -0.1) is 0 Å². The molecule has 21 heavy (non-hydrogen) atoms. The third-order valence-corrected chi connectivity index (χ3v) is 3.47. The Morgan fingerprint density at radius 2 is 2.00 bits per heavy atom. The van der Waals surface area contributed by atoms with Crippen molar-refractivity contribution in [3.63, 3.8) is 0 Å². The Morgan fingerprint density at radius 3 is 2.71 bits per heavy atom. The highest BCUT2D eigenvalue weighted by Gasteiger charge is 2.13. The van der Waals surface area contributed by atoms with E-state index < -0.39 is 5.82 Å². The van der Waals surface area contributed by atoms with Crippen LogP contribution >= 0.6 is 0 Å². The fraction of sp³-hybridized carbons (Fsp3) is 0.353. The van der Waals surface area contributed by atoms with Gasteiger partial charge in [0.15, 0.2) is 5.82 Å². The second kappa shape index (κ2) is 6.68. The van der Waals surface area contributed by atoms with Crippen LogP contribution in [0.4, 0.5) is 4.39 Å². The minimum absolute atomic E-state index is 0.0264. The van der Waals surface area contributed by atoms with E-state index >= 15 is 0 Å². The molecular weight excluding hydrogens is 267 g/mol. The van der Waals surface area contributed by atoms with Crippen molar-refractivity contribution in [2.45, 2.75) is 34.2 Å². The molecule has 4 heteroatoms. The number of pyridine rings is 1. The number of rotatable bonds is 5. The van der Waals surface area contributed by atoms with E-state index in [1.165, 1.54) is 0 Å². The zero-order valence-electron chi connectivity index (χ0n) is 13.0. The summed E-state index contributed by atoms with van der Waals surface area (Å²) in [6, 6.07) is 5.65. The van der Waals surface area contributed by atoms with Crippen LogP contribution < -0.4 is 10.1 Å². The largest absolute Gasteiger partial charge is 0.436 e. The molecule has 0 aliphatic rings. The van der Waals surface area contributed by atoms with Crippen LogP contribution in [0.2, 0.25) is 0 Å². The highest BCUT2D eigenvalue weighted by molar-refractivity contribution is 5.44. The summed E-state index contributed by atoms with van der Waals surface area (Å²) in [5.74, 6) is 0.273. The van der Waals surface area contributed by atoms with Gasteiger partial charge in [0.2, 0.25) is 0 Å². The summed E-state index contributed by atoms with van der Waals surface area (Å²) in [5, 5.41) is 3.10. The second-order valence-electron chi connectivity index (χ2n) is 5.18. The number of aryl methyl sites for hydroxylation is 2. The monoisotopic (exact) mass is 288 g/mol. The molecule has 0 aliphatic heterocycles. The number of aromatic nitrogens is 1. The fourth-order valence-electron chi connectivity index (χ4n) is 2.14. The summed E-state index contributed by atoms with van der Waals surface area (Å²) in [4.78, 5) is 4.02. The van der Waals surface area contributed by atoms with Crippen molar-refractivity contribution < 1.29 is 9.13 Å². The number of benzene rings is 1. The Balaban J connectivity index is 2.32. The highest BCUT2D eigenvalue weighted by atomic mass is 19.1. The fourth-order valence-corrected chi connectivity index (χ4v) is 2.14. The van der Waals surface area contributed by atoms with E-state index in [9.17, 15) is 4.39 Å². The first-order valence-electron chi connectivity index (χ1n) is 7.12. The molecule has 0 bridgehead atoms. The summed E-state index contributed by atoms with van der Waals surface area (Å²) >= 11 is 0. The Morgan fingerprint density at radius 1 is 1.24 bits per heavy atom. The summed E-state index contributed by atoms with van der Waals surface area (Å²) in [5.41, 5.74) is 3.76. The van der Waals surface area contributed by atoms with Crippen LogP contribution in [0, 0.1) is 26.6 Å². The predicted octanol–water partition coefficient (Wildman–Crippen LogP) is 4.05. The molecule has 2 aromatic rings. The highest BCUT2D eigenvalue weighted by Crippen LogP contribution is 2.29. The molecule has 1 aromatic carbocycles. The molecule has 3 nitrogen and oxygen atoms in total. The number of nitrogens with zero attached hydrogens (tertiary/aromatic N) is 1. The lowest BCUT2D eigenvalue weighted by Crippen LogP contribution is -2.13. The van der Waals surface area contributed by atoms with Crippen molar-refractivity contribution in [3.8, 4) is 11.6 Å². The molecule has 1 heterocycles. The average Bonchev–Trinajstić information content (AvgIpc) is 2.45. The van der Waals surface area contributed by atoms with Gasteiger partial charge in [-0.2, -0.15) is 0 Å². The summed E-state index contributed by atoms with van der Waals surface area (Å²) in [7, 11) is 0. The number of hydrogen-bond acceptors (Lipinski definition) is 3. The lowest BCUT2D eigenvalue weighted by Gasteiger charge is -2.13. The molecule has 0 saturated carbocycles. The topological polar surface area (TPSA) is 34.2 Å². The van der Waals surface area contributed by atoms with Crippen molar-refractivity contribution in [2.24, 2.45) is 0 Å². The van der Waals surface area contributed by atoms with Crippen LogP contribution in [-0.4, -0.2) is 11.5 Å². The van der Waals surface area contributed by atoms with Gasteiger partial charge in [0.05, 0.1) is 0 Å². The van der Waals surface area contributed by atoms with Gasteiger partial charge in [0.1, 0.15) is 5.75 Å². The Bertz CT molecular complexity index is 641. The summed E-state index contributed by atoms with van der Waals surface area (Å²) < 4.78 is 20.1. The molecule has 0 amide bonds. The van der Waals surface area contributed by atoms with E-state index in [4.69, 9.17) is 4.74 Å². The molecule has 1 N–H and O–H groups in total. The molecule has 1 aromatic heterocycles. The number of hydrogen-bond donors (Lipinski definition) is 1. The molecule has 0 aliphatic carbocycles. The standard InChI is InChI=1S/C17H21FN2O/c1-5-19-10-14-6-7-20-17(16(14)18)21-15-9-11(2)8-12(3)13(15)4/h6-9,19H,5,10H2,1-4H3. The number of ether oxygens (including phenoxy) is 1. The lowest BCUT2D eigenvalue weighted by molar-refractivity contribution is 0.414. The van der Waals surface area contributed by atoms with Gasteiger partial charge in [0, 0.05) is 18.3 Å². The molecule has 0 atom stereocenters. The molecule has 0 unspecified atom stereocenters. The van der Waals surface area contributed by atoms with Gasteiger partial charge < -0.3 is 10.1 Å². The summed E-state index contributed by atoms with van der Waals surface area (Å²) in [6.45, 7) is 9.20. The third kappa shape index (κ3) is 3.58. The van der Waals surface area contributed by atoms with Gasteiger partial charge in [-0.05, 0) is 56.1 Å². The van der Waals surface area contributed by atoms with E-state index in [1.807, 2.05) is 33.8 Å². The lowest BCUT2D eigenvalue weighted by atomic mass is 10.1. The van der Waals surface area contributed by atoms with E-state index in [0.29, 0.717) is 17.9 Å². The van der Waals surface area contributed by atoms with E-state index in [-0.39, 0.29) is 5.88 Å². The minimum Gasteiger partial charge on any atom is -0.436 e. The van der Waals surface area contributed by atoms with Gasteiger partial charge >= 0.3 is 0 Å². The van der Waals surface area contributed by atoms with Crippen molar-refractivity contribution >= 4 is 0 Å². The van der Waals surface area contributed by atoms with Gasteiger partial charge in [-0.1, -0.05) is 13.0 Å². The van der Waals surface area contributed by atoms with Crippen LogP contribution in [-0.2, 0) is 6.54 Å². The maximum absolute atomic E-state index is 14.4. The first-order valence-corrected chi connectivity index (χ1v) is 7.12. The quantitative estimate of drug-likeness (QED) is 0.901. The van der Waals surface area contributed by atoms with Crippen LogP contribution in [0.15, 0.2) is 24.4 Å². The van der Waals surface area contributed by atoms with Gasteiger partial charge in [-0.3, -0.25) is 0 Å². The maximum atomic E-state index is 14.4. The SMILES string of the molecule is CCNCc1ccnc(Oc2cc(C)cc(C)c2C)c1F. The maximum Gasteiger partial charge on any atom is 0.256 e. The Kier molecular flexibility index (Phi) is 4.91. The van der Waals surface area contributed by atoms with Crippen molar-refractivity contribution in [1.82, 2.24) is 10.3 Å². The predicted molar refractivity (Wildman–Crippen MR) is 82.3 cm³/mol. The molecule has 0 saturated heterocycles. The van der Waals surface area contributed by atoms with Crippen LogP contribution in [0.25, 0.3) is 0 Å². The van der Waals surface area contributed by atoms with Crippen molar-refractivity contribution in [3.05, 3.63) is 52.5 Å². The Labute approximate surface area is 125 Å². The Hall–Kier alpha value is -1.94. The van der Waals surface area contributed by atoms with Crippen molar-refractivity contribution in [1.29, 1.82) is 0 Å². The first-order chi connectivity index (χ1) is 10.0. The first kappa shape index (κ1) is 15.4. The van der Waals surface area contributed by atoms with E-state index in [1.54, 1.807) is 12.3 Å². The molecule has 0 fully saturated rings.